The second-order valence-electron chi connectivity index (χ2n) is 7.76. The van der Waals surface area contributed by atoms with Gasteiger partial charge >= 0.3 is 0 Å². The summed E-state index contributed by atoms with van der Waals surface area (Å²) in [7, 11) is -1.44. The summed E-state index contributed by atoms with van der Waals surface area (Å²) in [6, 6.07) is 0.240. The second kappa shape index (κ2) is 9.86. The van der Waals surface area contributed by atoms with Gasteiger partial charge in [0.15, 0.2) is 11.8 Å². The lowest BCUT2D eigenvalue weighted by atomic mass is 9.98. The molecule has 1 atom stereocenters. The highest BCUT2D eigenvalue weighted by Crippen LogP contribution is 2.19. The van der Waals surface area contributed by atoms with Crippen LogP contribution in [0.3, 0.4) is 0 Å². The summed E-state index contributed by atoms with van der Waals surface area (Å²) in [5.41, 5.74) is 0. The van der Waals surface area contributed by atoms with Crippen LogP contribution in [0.25, 0.3) is 0 Å². The zero-order valence-electron chi connectivity index (χ0n) is 17.6. The number of rotatable bonds is 7. The number of fused-ring (bicyclic) bond motifs is 1. The molecule has 3 heterocycles. The fourth-order valence-electron chi connectivity index (χ4n) is 3.83. The summed E-state index contributed by atoms with van der Waals surface area (Å²) in [4.78, 5) is 9.29. The van der Waals surface area contributed by atoms with Crippen LogP contribution in [-0.4, -0.2) is 79.0 Å². The lowest BCUT2D eigenvalue weighted by molar-refractivity contribution is 0.177. The molecule has 164 valence electrons. The van der Waals surface area contributed by atoms with Gasteiger partial charge in [0.2, 0.25) is 10.0 Å². The Morgan fingerprint density at radius 3 is 2.72 bits per heavy atom. The van der Waals surface area contributed by atoms with Crippen molar-refractivity contribution in [2.75, 3.05) is 39.5 Å². The third-order valence-electron chi connectivity index (χ3n) is 5.41. The smallest absolute Gasteiger partial charge is 0.211 e. The minimum absolute atomic E-state index is 0.240. The normalized spacial score (nSPS) is 21.8. The number of aryl methyl sites for hydroxylation is 1. The molecule has 29 heavy (non-hydrogen) atoms. The Morgan fingerprint density at radius 1 is 1.31 bits per heavy atom. The van der Waals surface area contributed by atoms with Crippen LogP contribution in [0.15, 0.2) is 4.99 Å². The van der Waals surface area contributed by atoms with Crippen molar-refractivity contribution in [3.63, 3.8) is 0 Å². The average Bonchev–Trinajstić information content (AvgIpc) is 3.08. The molecule has 2 aliphatic heterocycles. The lowest BCUT2D eigenvalue weighted by Crippen LogP contribution is -2.47. The summed E-state index contributed by atoms with van der Waals surface area (Å²) in [5, 5.41) is 11.4. The molecule has 1 aromatic rings. The fraction of sp³-hybridized carbons (Fsp3) is 0.833. The Bertz CT molecular complexity index is 800. The third kappa shape index (κ3) is 6.13. The van der Waals surface area contributed by atoms with E-state index in [1.807, 2.05) is 4.68 Å². The van der Waals surface area contributed by atoms with Gasteiger partial charge in [0.1, 0.15) is 12.4 Å². The monoisotopic (exact) mass is 427 g/mol. The van der Waals surface area contributed by atoms with Crippen molar-refractivity contribution in [1.82, 2.24) is 29.7 Å². The third-order valence-corrected chi connectivity index (χ3v) is 6.71. The molecule has 2 aliphatic rings. The summed E-state index contributed by atoms with van der Waals surface area (Å²) in [5.74, 6) is 2.95. The summed E-state index contributed by atoms with van der Waals surface area (Å²) in [6.07, 6.45) is 4.83. The van der Waals surface area contributed by atoms with Crippen molar-refractivity contribution in [2.45, 2.75) is 51.8 Å². The molecular weight excluding hydrogens is 394 g/mol. The average molecular weight is 428 g/mol. The number of nitrogens with one attached hydrogen (secondary N) is 2. The first-order chi connectivity index (χ1) is 13.9. The van der Waals surface area contributed by atoms with E-state index in [2.05, 4.69) is 27.6 Å². The largest absolute Gasteiger partial charge is 0.377 e. The lowest BCUT2D eigenvalue weighted by Gasteiger charge is -2.30. The van der Waals surface area contributed by atoms with Gasteiger partial charge in [0.05, 0.1) is 12.8 Å². The maximum atomic E-state index is 11.7. The van der Waals surface area contributed by atoms with Crippen LogP contribution in [0, 0.1) is 5.92 Å². The molecule has 0 spiro atoms. The van der Waals surface area contributed by atoms with Crippen LogP contribution in [-0.2, 0) is 34.3 Å². The number of hydrogen-bond acceptors (Lipinski definition) is 6. The molecule has 11 heteroatoms. The van der Waals surface area contributed by atoms with Gasteiger partial charge in [-0.05, 0) is 32.1 Å². The number of ether oxygens (including phenoxy) is 1. The van der Waals surface area contributed by atoms with Crippen LogP contribution < -0.4 is 10.6 Å². The first-order valence-electron chi connectivity index (χ1n) is 10.3. The minimum atomic E-state index is -3.08. The van der Waals surface area contributed by atoms with Crippen LogP contribution in [0.2, 0.25) is 0 Å². The van der Waals surface area contributed by atoms with E-state index in [1.165, 1.54) is 6.26 Å². The number of aromatic nitrogens is 3. The Kier molecular flexibility index (Phi) is 7.47. The molecular formula is C18H33N7O3S. The molecule has 0 aromatic carbocycles. The summed E-state index contributed by atoms with van der Waals surface area (Å²) < 4.78 is 31.9. The first-order valence-corrected chi connectivity index (χ1v) is 12.2. The molecule has 2 N–H and O–H groups in total. The Hall–Kier alpha value is -1.72. The van der Waals surface area contributed by atoms with Gasteiger partial charge < -0.3 is 15.4 Å². The van der Waals surface area contributed by atoms with Crippen molar-refractivity contribution in [3.05, 3.63) is 11.6 Å². The number of piperidine rings is 1. The molecule has 1 saturated heterocycles. The minimum Gasteiger partial charge on any atom is -0.377 e. The van der Waals surface area contributed by atoms with Gasteiger partial charge in [-0.1, -0.05) is 0 Å². The van der Waals surface area contributed by atoms with E-state index < -0.39 is 10.0 Å². The van der Waals surface area contributed by atoms with Crippen molar-refractivity contribution in [3.8, 4) is 0 Å². The van der Waals surface area contributed by atoms with E-state index in [0.29, 0.717) is 32.2 Å². The van der Waals surface area contributed by atoms with Gasteiger partial charge in [-0.15, -0.1) is 0 Å². The standard InChI is InChI=1S/C18H33N7O3S/c1-4-19-18(20-11-14-7-9-24(10-8-14)29(3,26)27)21-15-5-6-17-22-16(13-28-2)23-25(17)12-15/h14-15H,4-13H2,1-3H3,(H2,19,20,21). The van der Waals surface area contributed by atoms with Crippen LogP contribution in [0.5, 0.6) is 0 Å². The van der Waals surface area contributed by atoms with Crippen LogP contribution in [0.1, 0.15) is 37.8 Å². The van der Waals surface area contributed by atoms with Gasteiger partial charge in [-0.25, -0.2) is 22.4 Å². The molecule has 1 fully saturated rings. The highest BCUT2D eigenvalue weighted by Gasteiger charge is 2.25. The van der Waals surface area contributed by atoms with Crippen LogP contribution >= 0.6 is 0 Å². The van der Waals surface area contributed by atoms with Gasteiger partial charge in [-0.3, -0.25) is 4.99 Å². The van der Waals surface area contributed by atoms with Crippen molar-refractivity contribution < 1.29 is 13.2 Å². The Balaban J connectivity index is 1.53. The van der Waals surface area contributed by atoms with E-state index >= 15 is 0 Å². The predicted octanol–water partition coefficient (Wildman–Crippen LogP) is -0.0340. The summed E-state index contributed by atoms with van der Waals surface area (Å²) >= 11 is 0. The molecule has 3 rings (SSSR count). The van der Waals surface area contributed by atoms with E-state index in [1.54, 1.807) is 11.4 Å². The quantitative estimate of drug-likeness (QED) is 0.464. The molecule has 1 unspecified atom stereocenters. The maximum Gasteiger partial charge on any atom is 0.211 e. The SMILES string of the molecule is CCNC(=NCC1CCN(S(C)(=O)=O)CC1)NC1CCc2nc(COC)nn2C1. The number of methoxy groups -OCH3 is 1. The molecule has 0 aliphatic carbocycles. The predicted molar refractivity (Wildman–Crippen MR) is 111 cm³/mol. The first kappa shape index (κ1) is 22.0. The highest BCUT2D eigenvalue weighted by atomic mass is 32.2. The Labute approximate surface area is 173 Å². The second-order valence-corrected chi connectivity index (χ2v) is 9.75. The number of hydrogen-bond donors (Lipinski definition) is 2. The molecule has 0 radical (unpaired) electrons. The molecule has 10 nitrogen and oxygen atoms in total. The highest BCUT2D eigenvalue weighted by molar-refractivity contribution is 7.88. The van der Waals surface area contributed by atoms with Crippen molar-refractivity contribution in [1.29, 1.82) is 0 Å². The van der Waals surface area contributed by atoms with E-state index in [0.717, 1.165) is 56.4 Å². The van der Waals surface area contributed by atoms with Gasteiger partial charge in [0, 0.05) is 45.8 Å². The van der Waals surface area contributed by atoms with Crippen LogP contribution in [0.4, 0.5) is 0 Å². The van der Waals surface area contributed by atoms with Crippen molar-refractivity contribution in [2.24, 2.45) is 10.9 Å². The fourth-order valence-corrected chi connectivity index (χ4v) is 4.70. The molecule has 0 bridgehead atoms. The summed E-state index contributed by atoms with van der Waals surface area (Å²) in [6.45, 7) is 5.90. The number of aliphatic imine (C=N–C) groups is 1. The van der Waals surface area contributed by atoms with Crippen molar-refractivity contribution >= 4 is 16.0 Å². The zero-order valence-corrected chi connectivity index (χ0v) is 18.4. The number of nitrogens with zero attached hydrogens (tertiary/aromatic N) is 5. The maximum absolute atomic E-state index is 11.7. The molecule has 0 amide bonds. The van der Waals surface area contributed by atoms with E-state index in [4.69, 9.17) is 9.73 Å². The zero-order chi connectivity index (χ0) is 20.9. The van der Waals surface area contributed by atoms with Gasteiger partial charge in [-0.2, -0.15) is 5.10 Å². The molecule has 0 saturated carbocycles. The molecule has 1 aromatic heterocycles. The topological polar surface area (TPSA) is 114 Å². The number of sulfonamides is 1. The van der Waals surface area contributed by atoms with E-state index in [-0.39, 0.29) is 6.04 Å². The number of guanidine groups is 1. The van der Waals surface area contributed by atoms with Gasteiger partial charge in [0.25, 0.3) is 0 Å². The van der Waals surface area contributed by atoms with E-state index in [9.17, 15) is 8.42 Å². The Morgan fingerprint density at radius 2 is 2.07 bits per heavy atom.